The Kier molecular flexibility index (Phi) is 4.01. The number of ketones is 1. The Bertz CT molecular complexity index is 626. The SMILES string of the molecule is CC1CS(=O)(=O)CCN1CC(=O)c1ccc(O)cc1O. The summed E-state index contributed by atoms with van der Waals surface area (Å²) in [6, 6.07) is 3.57. The van der Waals surface area contributed by atoms with Gasteiger partial charge < -0.3 is 10.2 Å². The molecule has 1 saturated heterocycles. The Hall–Kier alpha value is -1.60. The summed E-state index contributed by atoms with van der Waals surface area (Å²) in [5, 5.41) is 18.8. The van der Waals surface area contributed by atoms with E-state index in [-0.39, 0.29) is 46.9 Å². The van der Waals surface area contributed by atoms with E-state index in [9.17, 15) is 23.4 Å². The average Bonchev–Trinajstić information content (AvgIpc) is 2.32. The maximum Gasteiger partial charge on any atom is 0.180 e. The van der Waals surface area contributed by atoms with E-state index in [1.807, 2.05) is 0 Å². The summed E-state index contributed by atoms with van der Waals surface area (Å²) in [4.78, 5) is 13.9. The first-order valence-electron chi connectivity index (χ1n) is 6.28. The molecule has 1 unspecified atom stereocenters. The highest BCUT2D eigenvalue weighted by atomic mass is 32.2. The second kappa shape index (κ2) is 5.41. The standard InChI is InChI=1S/C13H17NO5S/c1-9-8-20(18,19)5-4-14(9)7-13(17)11-3-2-10(15)6-12(11)16/h2-3,6,9,15-16H,4-5,7-8H2,1H3. The number of nitrogens with zero attached hydrogens (tertiary/aromatic N) is 1. The largest absolute Gasteiger partial charge is 0.508 e. The Balaban J connectivity index is 2.08. The molecule has 0 aromatic heterocycles. The van der Waals surface area contributed by atoms with Crippen LogP contribution in [0.4, 0.5) is 0 Å². The van der Waals surface area contributed by atoms with Crippen LogP contribution in [0.5, 0.6) is 11.5 Å². The predicted molar refractivity (Wildman–Crippen MR) is 73.8 cm³/mol. The van der Waals surface area contributed by atoms with Crippen molar-refractivity contribution in [3.05, 3.63) is 23.8 Å². The van der Waals surface area contributed by atoms with Crippen LogP contribution >= 0.6 is 0 Å². The summed E-state index contributed by atoms with van der Waals surface area (Å²) in [6.07, 6.45) is 0. The van der Waals surface area contributed by atoms with Crippen molar-refractivity contribution in [2.75, 3.05) is 24.6 Å². The maximum absolute atomic E-state index is 12.1. The Morgan fingerprint density at radius 3 is 2.70 bits per heavy atom. The molecular formula is C13H17NO5S. The van der Waals surface area contributed by atoms with Gasteiger partial charge in [-0.3, -0.25) is 9.69 Å². The lowest BCUT2D eigenvalue weighted by atomic mass is 10.1. The number of benzene rings is 1. The van der Waals surface area contributed by atoms with Gasteiger partial charge in [0, 0.05) is 18.7 Å². The molecule has 2 N–H and O–H groups in total. The zero-order chi connectivity index (χ0) is 14.9. The third-order valence-corrected chi connectivity index (χ3v) is 5.23. The minimum atomic E-state index is -3.01. The van der Waals surface area contributed by atoms with Crippen LogP contribution in [-0.2, 0) is 9.84 Å². The quantitative estimate of drug-likeness (QED) is 0.785. The molecule has 1 atom stereocenters. The monoisotopic (exact) mass is 299 g/mol. The fourth-order valence-electron chi connectivity index (χ4n) is 2.29. The minimum absolute atomic E-state index is 0.0435. The number of carbonyl (C=O) groups excluding carboxylic acids is 1. The van der Waals surface area contributed by atoms with E-state index in [0.29, 0.717) is 6.54 Å². The Labute approximate surface area is 117 Å². The fourth-order valence-corrected chi connectivity index (χ4v) is 3.92. The molecule has 0 spiro atoms. The third kappa shape index (κ3) is 3.29. The highest BCUT2D eigenvalue weighted by Gasteiger charge is 2.29. The molecule has 0 radical (unpaired) electrons. The molecule has 6 nitrogen and oxygen atoms in total. The van der Waals surface area contributed by atoms with Gasteiger partial charge in [0.2, 0.25) is 0 Å². The molecule has 0 amide bonds. The molecule has 20 heavy (non-hydrogen) atoms. The molecule has 1 aliphatic rings. The highest BCUT2D eigenvalue weighted by Crippen LogP contribution is 2.23. The number of carbonyl (C=O) groups is 1. The third-order valence-electron chi connectivity index (χ3n) is 3.44. The molecule has 1 aliphatic heterocycles. The van der Waals surface area contributed by atoms with Crippen LogP contribution in [-0.4, -0.2) is 60.0 Å². The first kappa shape index (κ1) is 14.8. The van der Waals surface area contributed by atoms with Crippen LogP contribution in [0.3, 0.4) is 0 Å². The van der Waals surface area contributed by atoms with E-state index < -0.39 is 9.84 Å². The van der Waals surface area contributed by atoms with Crippen molar-refractivity contribution in [2.24, 2.45) is 0 Å². The number of hydrogen-bond acceptors (Lipinski definition) is 6. The van der Waals surface area contributed by atoms with Crippen molar-refractivity contribution < 1.29 is 23.4 Å². The van der Waals surface area contributed by atoms with Crippen LogP contribution in [0.25, 0.3) is 0 Å². The predicted octanol–water partition coefficient (Wildman–Crippen LogP) is 0.399. The van der Waals surface area contributed by atoms with Crippen LogP contribution < -0.4 is 0 Å². The first-order valence-corrected chi connectivity index (χ1v) is 8.10. The van der Waals surface area contributed by atoms with Crippen LogP contribution in [0, 0.1) is 0 Å². The van der Waals surface area contributed by atoms with Gasteiger partial charge in [0.1, 0.15) is 11.5 Å². The van der Waals surface area contributed by atoms with Crippen molar-refractivity contribution in [3.63, 3.8) is 0 Å². The van der Waals surface area contributed by atoms with Gasteiger partial charge in [-0.1, -0.05) is 0 Å². The van der Waals surface area contributed by atoms with Crippen molar-refractivity contribution in [1.29, 1.82) is 0 Å². The molecule has 0 aliphatic carbocycles. The molecule has 2 rings (SSSR count). The number of rotatable bonds is 3. The van der Waals surface area contributed by atoms with Crippen LogP contribution in [0.15, 0.2) is 18.2 Å². The fraction of sp³-hybridized carbons (Fsp3) is 0.462. The second-order valence-corrected chi connectivity index (χ2v) is 7.29. The first-order chi connectivity index (χ1) is 9.28. The zero-order valence-corrected chi connectivity index (χ0v) is 11.9. The molecule has 1 aromatic carbocycles. The highest BCUT2D eigenvalue weighted by molar-refractivity contribution is 7.91. The number of Topliss-reactive ketones (excluding diaryl/α,β-unsaturated/α-hetero) is 1. The molecule has 7 heteroatoms. The van der Waals surface area contributed by atoms with E-state index in [1.54, 1.807) is 11.8 Å². The molecular weight excluding hydrogens is 282 g/mol. The minimum Gasteiger partial charge on any atom is -0.508 e. The van der Waals surface area contributed by atoms with Crippen LogP contribution in [0.2, 0.25) is 0 Å². The second-order valence-electron chi connectivity index (χ2n) is 5.06. The lowest BCUT2D eigenvalue weighted by Gasteiger charge is -2.32. The molecule has 1 fully saturated rings. The summed E-state index contributed by atoms with van der Waals surface area (Å²) in [7, 11) is -3.01. The summed E-state index contributed by atoms with van der Waals surface area (Å²) in [5.74, 6) is -0.592. The Morgan fingerprint density at radius 1 is 1.40 bits per heavy atom. The lowest BCUT2D eigenvalue weighted by molar-refractivity contribution is 0.0906. The van der Waals surface area contributed by atoms with E-state index >= 15 is 0 Å². The summed E-state index contributed by atoms with van der Waals surface area (Å²) in [5.41, 5.74) is 0.128. The van der Waals surface area contributed by atoms with Gasteiger partial charge in [0.15, 0.2) is 15.6 Å². The topological polar surface area (TPSA) is 94.9 Å². The number of sulfone groups is 1. The van der Waals surface area contributed by atoms with Crippen molar-refractivity contribution in [1.82, 2.24) is 4.90 Å². The van der Waals surface area contributed by atoms with Crippen molar-refractivity contribution >= 4 is 15.6 Å². The van der Waals surface area contributed by atoms with Gasteiger partial charge in [-0.05, 0) is 19.1 Å². The van der Waals surface area contributed by atoms with E-state index in [2.05, 4.69) is 0 Å². The molecule has 1 heterocycles. The molecule has 0 saturated carbocycles. The summed E-state index contributed by atoms with van der Waals surface area (Å²) < 4.78 is 22.9. The normalized spacial score (nSPS) is 22.6. The van der Waals surface area contributed by atoms with Gasteiger partial charge >= 0.3 is 0 Å². The number of phenolic OH excluding ortho intramolecular Hbond substituents is 2. The lowest BCUT2D eigenvalue weighted by Crippen LogP contribution is -2.48. The number of hydrogen-bond donors (Lipinski definition) is 2. The summed E-state index contributed by atoms with van der Waals surface area (Å²) >= 11 is 0. The van der Waals surface area contributed by atoms with Gasteiger partial charge in [-0.25, -0.2) is 8.42 Å². The smallest absolute Gasteiger partial charge is 0.180 e. The van der Waals surface area contributed by atoms with Gasteiger partial charge in [-0.2, -0.15) is 0 Å². The van der Waals surface area contributed by atoms with Crippen molar-refractivity contribution in [3.8, 4) is 11.5 Å². The maximum atomic E-state index is 12.1. The zero-order valence-electron chi connectivity index (χ0n) is 11.1. The Morgan fingerprint density at radius 2 is 2.10 bits per heavy atom. The molecule has 1 aromatic rings. The van der Waals surface area contributed by atoms with Gasteiger partial charge in [0.25, 0.3) is 0 Å². The molecule has 110 valence electrons. The van der Waals surface area contributed by atoms with Crippen molar-refractivity contribution in [2.45, 2.75) is 13.0 Å². The van der Waals surface area contributed by atoms with Gasteiger partial charge in [0.05, 0.1) is 23.6 Å². The average molecular weight is 299 g/mol. The van der Waals surface area contributed by atoms with E-state index in [0.717, 1.165) is 6.07 Å². The number of phenols is 2. The van der Waals surface area contributed by atoms with Gasteiger partial charge in [-0.15, -0.1) is 0 Å². The summed E-state index contributed by atoms with van der Waals surface area (Å²) in [6.45, 7) is 2.13. The molecule has 0 bridgehead atoms. The van der Waals surface area contributed by atoms with E-state index in [1.165, 1.54) is 12.1 Å². The van der Waals surface area contributed by atoms with E-state index in [4.69, 9.17) is 0 Å². The number of aromatic hydroxyl groups is 2. The van der Waals surface area contributed by atoms with Crippen LogP contribution in [0.1, 0.15) is 17.3 Å².